The van der Waals surface area contributed by atoms with Crippen molar-refractivity contribution in [2.45, 2.75) is 0 Å². The fourth-order valence-corrected chi connectivity index (χ4v) is 2.05. The van der Waals surface area contributed by atoms with E-state index in [0.717, 1.165) is 28.1 Å². The van der Waals surface area contributed by atoms with Gasteiger partial charge in [-0.3, -0.25) is 4.68 Å². The molecule has 0 aromatic carbocycles. The largest absolute Gasteiger partial charge is 0.372 e. The van der Waals surface area contributed by atoms with E-state index in [9.17, 15) is 0 Å². The highest BCUT2D eigenvalue weighted by molar-refractivity contribution is 5.91. The first-order valence-corrected chi connectivity index (χ1v) is 5.68. The molecule has 0 radical (unpaired) electrons. The molecule has 0 aliphatic rings. The average molecular weight is 253 g/mol. The van der Waals surface area contributed by atoms with E-state index in [2.05, 4.69) is 31.4 Å². The third kappa shape index (κ3) is 1.62. The van der Waals surface area contributed by atoms with Crippen LogP contribution in [-0.4, -0.2) is 31.8 Å². The van der Waals surface area contributed by atoms with Gasteiger partial charge in [0.15, 0.2) is 0 Å². The molecule has 7 heteroatoms. The summed E-state index contributed by atoms with van der Waals surface area (Å²) in [5.41, 5.74) is 2.79. The first-order chi connectivity index (χ1) is 9.24. The number of hydrogen-bond donors (Lipinski definition) is 2. The smallest absolute Gasteiger partial charge is 0.147 e. The Morgan fingerprint density at radius 3 is 3.00 bits per heavy atom. The molecule has 19 heavy (non-hydrogen) atoms. The maximum Gasteiger partial charge on any atom is 0.147 e. The molecule has 0 atom stereocenters. The fourth-order valence-electron chi connectivity index (χ4n) is 2.05. The van der Waals surface area contributed by atoms with Crippen LogP contribution in [-0.2, 0) is 7.05 Å². The number of fused-ring (bicyclic) bond motifs is 1. The van der Waals surface area contributed by atoms with Gasteiger partial charge in [-0.1, -0.05) is 0 Å². The third-order valence-corrected chi connectivity index (χ3v) is 3.00. The maximum absolute atomic E-state index is 9.16. The van der Waals surface area contributed by atoms with Crippen molar-refractivity contribution in [3.8, 4) is 17.3 Å². The number of aromatic amines is 1. The normalized spacial score (nSPS) is 10.6. The molecule has 3 heterocycles. The molecule has 94 valence electrons. The van der Waals surface area contributed by atoms with E-state index < -0.39 is 0 Å². The van der Waals surface area contributed by atoms with E-state index >= 15 is 0 Å². The lowest BCUT2D eigenvalue weighted by molar-refractivity contribution is 0.756. The summed E-state index contributed by atoms with van der Waals surface area (Å²) in [6, 6.07) is 4.06. The van der Waals surface area contributed by atoms with Crippen molar-refractivity contribution < 1.29 is 0 Å². The van der Waals surface area contributed by atoms with Gasteiger partial charge in [-0.25, -0.2) is 9.97 Å². The van der Waals surface area contributed by atoms with Crippen molar-refractivity contribution in [1.29, 1.82) is 5.26 Å². The van der Waals surface area contributed by atoms with Gasteiger partial charge in [0.05, 0.1) is 22.8 Å². The number of H-pyrrole nitrogens is 1. The molecule has 7 nitrogen and oxygen atoms in total. The number of nitriles is 1. The second kappa shape index (κ2) is 4.10. The number of aryl methyl sites for hydroxylation is 1. The van der Waals surface area contributed by atoms with E-state index in [1.54, 1.807) is 25.0 Å². The molecular weight excluding hydrogens is 242 g/mol. The van der Waals surface area contributed by atoms with Crippen molar-refractivity contribution in [3.05, 3.63) is 24.3 Å². The number of anilines is 1. The van der Waals surface area contributed by atoms with Gasteiger partial charge in [-0.15, -0.1) is 0 Å². The molecule has 0 bridgehead atoms. The predicted octanol–water partition coefficient (Wildman–Crippen LogP) is 1.27. The van der Waals surface area contributed by atoms with Crippen molar-refractivity contribution in [2.24, 2.45) is 7.05 Å². The van der Waals surface area contributed by atoms with E-state index in [4.69, 9.17) is 5.26 Å². The van der Waals surface area contributed by atoms with E-state index in [0.29, 0.717) is 5.69 Å². The number of nitrogens with zero attached hydrogens (tertiary/aromatic N) is 5. The zero-order valence-electron chi connectivity index (χ0n) is 10.5. The molecule has 0 aliphatic carbocycles. The monoisotopic (exact) mass is 253 g/mol. The van der Waals surface area contributed by atoms with Crippen molar-refractivity contribution in [3.63, 3.8) is 0 Å². The highest BCUT2D eigenvalue weighted by Crippen LogP contribution is 2.28. The van der Waals surface area contributed by atoms with Crippen LogP contribution in [0, 0.1) is 11.3 Å². The number of aromatic nitrogens is 5. The summed E-state index contributed by atoms with van der Waals surface area (Å²) in [4.78, 5) is 11.5. The minimum atomic E-state index is 0.505. The zero-order valence-corrected chi connectivity index (χ0v) is 10.5. The summed E-state index contributed by atoms with van der Waals surface area (Å²) < 4.78 is 1.55. The molecule has 2 N–H and O–H groups in total. The van der Waals surface area contributed by atoms with Crippen LogP contribution in [0.1, 0.15) is 5.69 Å². The Morgan fingerprint density at radius 2 is 2.26 bits per heavy atom. The first kappa shape index (κ1) is 11.2. The van der Waals surface area contributed by atoms with Crippen LogP contribution in [0.25, 0.3) is 22.3 Å². The van der Waals surface area contributed by atoms with Crippen LogP contribution < -0.4 is 5.32 Å². The van der Waals surface area contributed by atoms with Crippen LogP contribution in [0.15, 0.2) is 18.6 Å². The third-order valence-electron chi connectivity index (χ3n) is 3.00. The van der Waals surface area contributed by atoms with E-state index in [1.165, 1.54) is 6.33 Å². The first-order valence-electron chi connectivity index (χ1n) is 5.68. The van der Waals surface area contributed by atoms with Gasteiger partial charge in [-0.05, 0) is 6.07 Å². The molecule has 3 aromatic rings. The van der Waals surface area contributed by atoms with Gasteiger partial charge in [0.2, 0.25) is 0 Å². The molecule has 3 rings (SSSR count). The summed E-state index contributed by atoms with van der Waals surface area (Å²) in [6.07, 6.45) is 3.15. The van der Waals surface area contributed by atoms with Gasteiger partial charge in [0.1, 0.15) is 29.6 Å². The van der Waals surface area contributed by atoms with Gasteiger partial charge >= 0.3 is 0 Å². The molecule has 0 aliphatic heterocycles. The quantitative estimate of drug-likeness (QED) is 0.717. The fraction of sp³-hybridized carbons (Fsp3) is 0.167. The minimum absolute atomic E-state index is 0.505. The second-order valence-electron chi connectivity index (χ2n) is 4.06. The van der Waals surface area contributed by atoms with Crippen molar-refractivity contribution in [2.75, 3.05) is 12.4 Å². The summed E-state index contributed by atoms with van der Waals surface area (Å²) in [5.74, 6) is 0.745. The zero-order chi connectivity index (χ0) is 13.4. The van der Waals surface area contributed by atoms with Gasteiger partial charge < -0.3 is 10.3 Å². The SMILES string of the molecule is CNc1ncnc2[nH]c(-c3cnn(C)c3C#N)cc12. The van der Waals surface area contributed by atoms with Crippen molar-refractivity contribution >= 4 is 16.9 Å². The predicted molar refractivity (Wildman–Crippen MR) is 70.4 cm³/mol. The molecular formula is C12H11N7. The van der Waals surface area contributed by atoms with Crippen LogP contribution in [0.2, 0.25) is 0 Å². The topological polar surface area (TPSA) is 95.2 Å². The standard InChI is InChI=1S/C12H11N7/c1-14-11-7-3-9(18-12(7)16-6-15-11)8-5-17-19(2)10(8)4-13/h3,5-6H,1-2H3,(H2,14,15,16,18). The molecule has 3 aromatic heterocycles. The second-order valence-corrected chi connectivity index (χ2v) is 4.06. The van der Waals surface area contributed by atoms with E-state index in [1.807, 2.05) is 6.07 Å². The Morgan fingerprint density at radius 1 is 1.42 bits per heavy atom. The van der Waals surface area contributed by atoms with E-state index in [-0.39, 0.29) is 0 Å². The van der Waals surface area contributed by atoms with Crippen LogP contribution in [0.3, 0.4) is 0 Å². The average Bonchev–Trinajstić information content (AvgIpc) is 3.00. The van der Waals surface area contributed by atoms with Crippen LogP contribution in [0.4, 0.5) is 5.82 Å². The summed E-state index contributed by atoms with van der Waals surface area (Å²) >= 11 is 0. The lowest BCUT2D eigenvalue weighted by atomic mass is 10.2. The minimum Gasteiger partial charge on any atom is -0.372 e. The molecule has 0 amide bonds. The Labute approximate surface area is 108 Å². The van der Waals surface area contributed by atoms with Gasteiger partial charge in [0, 0.05) is 14.1 Å². The number of nitrogens with one attached hydrogen (secondary N) is 2. The Bertz CT molecular complexity index is 790. The lowest BCUT2D eigenvalue weighted by Gasteiger charge is -1.97. The lowest BCUT2D eigenvalue weighted by Crippen LogP contribution is -1.93. The summed E-state index contributed by atoms with van der Waals surface area (Å²) in [7, 11) is 3.54. The Kier molecular flexibility index (Phi) is 2.42. The maximum atomic E-state index is 9.16. The van der Waals surface area contributed by atoms with Gasteiger partial charge in [-0.2, -0.15) is 10.4 Å². The molecule has 0 unspecified atom stereocenters. The summed E-state index contributed by atoms with van der Waals surface area (Å²) in [5, 5.41) is 17.2. The molecule has 0 fully saturated rings. The number of rotatable bonds is 2. The Hall–Kier alpha value is -2.88. The van der Waals surface area contributed by atoms with Crippen molar-refractivity contribution in [1.82, 2.24) is 24.7 Å². The highest BCUT2D eigenvalue weighted by atomic mass is 15.3. The Balaban J connectivity index is 2.24. The van der Waals surface area contributed by atoms with Crippen LogP contribution >= 0.6 is 0 Å². The highest BCUT2D eigenvalue weighted by Gasteiger charge is 2.14. The molecule has 0 saturated heterocycles. The van der Waals surface area contributed by atoms with Gasteiger partial charge in [0.25, 0.3) is 0 Å². The van der Waals surface area contributed by atoms with Crippen LogP contribution in [0.5, 0.6) is 0 Å². The molecule has 0 saturated carbocycles. The summed E-state index contributed by atoms with van der Waals surface area (Å²) in [6.45, 7) is 0. The number of hydrogen-bond acceptors (Lipinski definition) is 5. The molecule has 0 spiro atoms.